The predicted octanol–water partition coefficient (Wildman–Crippen LogP) is 4.34. The molecule has 0 saturated heterocycles. The van der Waals surface area contributed by atoms with E-state index in [1.165, 1.54) is 6.42 Å². The first-order valence-corrected chi connectivity index (χ1v) is 7.06. The molecule has 100 valence electrons. The van der Waals surface area contributed by atoms with Crippen LogP contribution in [0.2, 0.25) is 0 Å². The molecule has 0 radical (unpaired) electrons. The molecule has 1 rings (SSSR count). The van der Waals surface area contributed by atoms with Crippen molar-refractivity contribution < 1.29 is 9.90 Å². The van der Waals surface area contributed by atoms with E-state index in [9.17, 15) is 9.90 Å². The van der Waals surface area contributed by atoms with Crippen LogP contribution in [0.5, 0.6) is 0 Å². The summed E-state index contributed by atoms with van der Waals surface area (Å²) in [6.45, 7) is 8.95. The minimum Gasteiger partial charge on any atom is -0.481 e. The van der Waals surface area contributed by atoms with Gasteiger partial charge in [-0.05, 0) is 49.4 Å². The number of carboxylic acids is 1. The van der Waals surface area contributed by atoms with Crippen molar-refractivity contribution in [3.63, 3.8) is 0 Å². The van der Waals surface area contributed by atoms with Gasteiger partial charge in [-0.1, -0.05) is 34.1 Å². The van der Waals surface area contributed by atoms with E-state index in [0.29, 0.717) is 11.3 Å². The Bertz CT molecular complexity index is 252. The van der Waals surface area contributed by atoms with Gasteiger partial charge in [-0.25, -0.2) is 0 Å². The molecule has 0 aliphatic heterocycles. The first kappa shape index (κ1) is 14.5. The lowest BCUT2D eigenvalue weighted by Gasteiger charge is -2.35. The zero-order valence-electron chi connectivity index (χ0n) is 11.8. The van der Waals surface area contributed by atoms with Crippen LogP contribution >= 0.6 is 0 Å². The molecule has 1 fully saturated rings. The molecule has 17 heavy (non-hydrogen) atoms. The standard InChI is InChI=1S/C15H28O2/c1-5-11-6-7-13(14(16)17)12(10-11)8-9-15(2,3)4/h11-13H,5-10H2,1-4H3,(H,16,17). The Morgan fingerprint density at radius 2 is 1.94 bits per heavy atom. The first-order chi connectivity index (χ1) is 7.83. The van der Waals surface area contributed by atoms with Crippen LogP contribution in [0.4, 0.5) is 0 Å². The highest BCUT2D eigenvalue weighted by Crippen LogP contribution is 2.39. The number of carbonyl (C=O) groups is 1. The van der Waals surface area contributed by atoms with Crippen molar-refractivity contribution >= 4 is 5.97 Å². The van der Waals surface area contributed by atoms with E-state index in [0.717, 1.165) is 38.0 Å². The second kappa shape index (κ2) is 5.88. The highest BCUT2D eigenvalue weighted by Gasteiger charge is 2.34. The molecule has 3 unspecified atom stereocenters. The Kier molecular flexibility index (Phi) is 5.03. The summed E-state index contributed by atoms with van der Waals surface area (Å²) in [5.41, 5.74) is 0.322. The fourth-order valence-corrected chi connectivity index (χ4v) is 2.99. The van der Waals surface area contributed by atoms with Crippen LogP contribution in [0.25, 0.3) is 0 Å². The molecule has 0 aromatic carbocycles. The van der Waals surface area contributed by atoms with Crippen LogP contribution in [0.15, 0.2) is 0 Å². The van der Waals surface area contributed by atoms with E-state index in [-0.39, 0.29) is 5.92 Å². The lowest BCUT2D eigenvalue weighted by atomic mass is 9.70. The van der Waals surface area contributed by atoms with E-state index in [2.05, 4.69) is 27.7 Å². The summed E-state index contributed by atoms with van der Waals surface area (Å²) >= 11 is 0. The normalized spacial score (nSPS) is 30.2. The van der Waals surface area contributed by atoms with E-state index < -0.39 is 5.97 Å². The maximum absolute atomic E-state index is 11.3. The molecule has 0 aromatic heterocycles. The number of rotatable bonds is 4. The van der Waals surface area contributed by atoms with Crippen molar-refractivity contribution in [3.8, 4) is 0 Å². The molecule has 1 N–H and O–H groups in total. The van der Waals surface area contributed by atoms with Crippen molar-refractivity contribution in [2.75, 3.05) is 0 Å². The second-order valence-corrected chi connectivity index (χ2v) is 6.89. The van der Waals surface area contributed by atoms with Crippen LogP contribution in [0.3, 0.4) is 0 Å². The zero-order chi connectivity index (χ0) is 13.1. The number of hydrogen-bond donors (Lipinski definition) is 1. The fourth-order valence-electron chi connectivity index (χ4n) is 2.99. The van der Waals surface area contributed by atoms with Gasteiger partial charge in [-0.2, -0.15) is 0 Å². The fraction of sp³-hybridized carbons (Fsp3) is 0.933. The molecule has 2 heteroatoms. The van der Waals surface area contributed by atoms with Crippen molar-refractivity contribution in [2.24, 2.45) is 23.2 Å². The second-order valence-electron chi connectivity index (χ2n) is 6.89. The zero-order valence-corrected chi connectivity index (χ0v) is 11.8. The Morgan fingerprint density at radius 1 is 1.29 bits per heavy atom. The Labute approximate surface area is 106 Å². The van der Waals surface area contributed by atoms with Gasteiger partial charge >= 0.3 is 5.97 Å². The lowest BCUT2D eigenvalue weighted by Crippen LogP contribution is -2.31. The van der Waals surface area contributed by atoms with Crippen LogP contribution < -0.4 is 0 Å². The number of carboxylic acid groups (broad SMARTS) is 1. The predicted molar refractivity (Wildman–Crippen MR) is 70.9 cm³/mol. The van der Waals surface area contributed by atoms with Crippen molar-refractivity contribution in [1.29, 1.82) is 0 Å². The summed E-state index contributed by atoms with van der Waals surface area (Å²) in [6, 6.07) is 0. The van der Waals surface area contributed by atoms with Crippen molar-refractivity contribution in [3.05, 3.63) is 0 Å². The minimum absolute atomic E-state index is 0.0832. The average Bonchev–Trinajstić information content (AvgIpc) is 2.24. The average molecular weight is 240 g/mol. The Balaban J connectivity index is 2.58. The van der Waals surface area contributed by atoms with Crippen LogP contribution in [-0.2, 0) is 4.79 Å². The molecule has 0 aromatic rings. The van der Waals surface area contributed by atoms with Gasteiger partial charge < -0.3 is 5.11 Å². The van der Waals surface area contributed by atoms with Gasteiger partial charge in [0.05, 0.1) is 5.92 Å². The highest BCUT2D eigenvalue weighted by atomic mass is 16.4. The van der Waals surface area contributed by atoms with Gasteiger partial charge in [-0.3, -0.25) is 4.79 Å². The summed E-state index contributed by atoms with van der Waals surface area (Å²) in [4.78, 5) is 11.3. The third-order valence-electron chi connectivity index (χ3n) is 4.25. The van der Waals surface area contributed by atoms with E-state index in [4.69, 9.17) is 0 Å². The molecule has 0 bridgehead atoms. The summed E-state index contributed by atoms with van der Waals surface area (Å²) in [7, 11) is 0. The van der Waals surface area contributed by atoms with Gasteiger partial charge in [0, 0.05) is 0 Å². The lowest BCUT2D eigenvalue weighted by molar-refractivity contribution is -0.145. The minimum atomic E-state index is -0.571. The Morgan fingerprint density at radius 3 is 2.41 bits per heavy atom. The summed E-state index contributed by atoms with van der Waals surface area (Å²) < 4.78 is 0. The SMILES string of the molecule is CCC1CCC(C(=O)O)C(CCC(C)(C)C)C1. The molecular formula is C15H28O2. The molecule has 0 amide bonds. The molecule has 0 heterocycles. The summed E-state index contributed by atoms with van der Waals surface area (Å²) in [6.07, 6.45) is 6.55. The quantitative estimate of drug-likeness (QED) is 0.793. The summed E-state index contributed by atoms with van der Waals surface area (Å²) in [5, 5.41) is 9.30. The van der Waals surface area contributed by atoms with E-state index in [1.807, 2.05) is 0 Å². The largest absolute Gasteiger partial charge is 0.481 e. The maximum atomic E-state index is 11.3. The molecule has 1 aliphatic rings. The third-order valence-corrected chi connectivity index (χ3v) is 4.25. The van der Waals surface area contributed by atoms with Gasteiger partial charge in [0.1, 0.15) is 0 Å². The third kappa shape index (κ3) is 4.69. The van der Waals surface area contributed by atoms with E-state index in [1.54, 1.807) is 0 Å². The molecule has 3 atom stereocenters. The maximum Gasteiger partial charge on any atom is 0.306 e. The molecule has 0 spiro atoms. The molecule has 2 nitrogen and oxygen atoms in total. The first-order valence-electron chi connectivity index (χ1n) is 7.06. The van der Waals surface area contributed by atoms with Gasteiger partial charge in [0.2, 0.25) is 0 Å². The van der Waals surface area contributed by atoms with Crippen LogP contribution in [0.1, 0.15) is 66.2 Å². The van der Waals surface area contributed by atoms with Gasteiger partial charge in [0.25, 0.3) is 0 Å². The van der Waals surface area contributed by atoms with Gasteiger partial charge in [0.15, 0.2) is 0 Å². The highest BCUT2D eigenvalue weighted by molar-refractivity contribution is 5.70. The molecular weight excluding hydrogens is 212 g/mol. The molecule has 1 aliphatic carbocycles. The Hall–Kier alpha value is -0.530. The number of hydrogen-bond acceptors (Lipinski definition) is 1. The van der Waals surface area contributed by atoms with E-state index >= 15 is 0 Å². The molecule has 1 saturated carbocycles. The monoisotopic (exact) mass is 240 g/mol. The smallest absolute Gasteiger partial charge is 0.306 e. The van der Waals surface area contributed by atoms with Crippen LogP contribution in [0, 0.1) is 23.2 Å². The topological polar surface area (TPSA) is 37.3 Å². The van der Waals surface area contributed by atoms with Gasteiger partial charge in [-0.15, -0.1) is 0 Å². The number of aliphatic carboxylic acids is 1. The van der Waals surface area contributed by atoms with Crippen molar-refractivity contribution in [1.82, 2.24) is 0 Å². The van der Waals surface area contributed by atoms with Crippen LogP contribution in [-0.4, -0.2) is 11.1 Å². The summed E-state index contributed by atoms with van der Waals surface area (Å²) in [5.74, 6) is 0.514. The van der Waals surface area contributed by atoms with Crippen molar-refractivity contribution in [2.45, 2.75) is 66.2 Å².